The van der Waals surface area contributed by atoms with Crippen molar-refractivity contribution in [2.24, 2.45) is 0 Å². The maximum atomic E-state index is 4.27. The predicted octanol–water partition coefficient (Wildman–Crippen LogP) is 3.37. The van der Waals surface area contributed by atoms with Gasteiger partial charge in [-0.15, -0.1) is 5.10 Å². The van der Waals surface area contributed by atoms with Gasteiger partial charge in [-0.05, 0) is 19.3 Å². The van der Waals surface area contributed by atoms with Crippen molar-refractivity contribution in [3.8, 4) is 0 Å². The molecule has 92 valence electrons. The number of rotatable bonds is 8. The second-order valence-electron chi connectivity index (χ2n) is 4.37. The minimum Gasteiger partial charge on any atom is -0.249 e. The van der Waals surface area contributed by atoms with E-state index < -0.39 is 0 Å². The van der Waals surface area contributed by atoms with E-state index in [1.54, 1.807) is 0 Å². The molecule has 0 aliphatic carbocycles. The Morgan fingerprint density at radius 3 is 2.44 bits per heavy atom. The number of aromatic nitrogens is 3. The van der Waals surface area contributed by atoms with Gasteiger partial charge in [-0.25, -0.2) is 4.68 Å². The van der Waals surface area contributed by atoms with Crippen LogP contribution in [0.1, 0.15) is 64.3 Å². The van der Waals surface area contributed by atoms with Crippen LogP contribution in [0.3, 0.4) is 0 Å². The third kappa shape index (κ3) is 3.62. The Labute approximate surface area is 99.2 Å². The van der Waals surface area contributed by atoms with E-state index in [1.807, 2.05) is 0 Å². The molecule has 0 spiro atoms. The summed E-state index contributed by atoms with van der Waals surface area (Å²) in [7, 11) is 0. The number of nitrogens with zero attached hydrogens (tertiary/aromatic N) is 3. The molecule has 0 saturated carbocycles. The van der Waals surface area contributed by atoms with E-state index in [2.05, 4.69) is 35.8 Å². The Morgan fingerprint density at radius 2 is 1.81 bits per heavy atom. The van der Waals surface area contributed by atoms with Gasteiger partial charge < -0.3 is 0 Å². The third-order valence-electron chi connectivity index (χ3n) is 2.96. The van der Waals surface area contributed by atoms with Crippen molar-refractivity contribution in [1.29, 1.82) is 0 Å². The van der Waals surface area contributed by atoms with Crippen LogP contribution in [0.15, 0.2) is 0 Å². The van der Waals surface area contributed by atoms with Gasteiger partial charge in [0.15, 0.2) is 0 Å². The van der Waals surface area contributed by atoms with Crippen molar-refractivity contribution < 1.29 is 0 Å². The molecular weight excluding hydrogens is 198 g/mol. The van der Waals surface area contributed by atoms with Crippen LogP contribution < -0.4 is 0 Å². The molecule has 0 atom stereocenters. The van der Waals surface area contributed by atoms with Gasteiger partial charge in [0, 0.05) is 6.54 Å². The summed E-state index contributed by atoms with van der Waals surface area (Å²) in [6.45, 7) is 7.66. The van der Waals surface area contributed by atoms with Crippen molar-refractivity contribution >= 4 is 0 Å². The lowest BCUT2D eigenvalue weighted by atomic mass is 10.1. The molecule has 0 aliphatic rings. The summed E-state index contributed by atoms with van der Waals surface area (Å²) in [4.78, 5) is 0. The number of hydrogen-bond donors (Lipinski definition) is 0. The number of hydrogen-bond acceptors (Lipinski definition) is 2. The predicted molar refractivity (Wildman–Crippen MR) is 67.5 cm³/mol. The summed E-state index contributed by atoms with van der Waals surface area (Å²) in [5.41, 5.74) is 2.55. The molecule has 0 amide bonds. The van der Waals surface area contributed by atoms with E-state index in [-0.39, 0.29) is 0 Å². The molecule has 0 aliphatic heterocycles. The van der Waals surface area contributed by atoms with Crippen molar-refractivity contribution in [3.63, 3.8) is 0 Å². The van der Waals surface area contributed by atoms with E-state index in [9.17, 15) is 0 Å². The molecule has 16 heavy (non-hydrogen) atoms. The minimum atomic E-state index is 1.00. The Balaban J connectivity index is 2.53. The zero-order valence-corrected chi connectivity index (χ0v) is 11.0. The molecule has 1 aromatic rings. The second-order valence-corrected chi connectivity index (χ2v) is 4.37. The Bertz CT molecular complexity index is 291. The van der Waals surface area contributed by atoms with E-state index in [4.69, 9.17) is 0 Å². The molecular formula is C13H25N3. The maximum Gasteiger partial charge on any atom is 0.0856 e. The van der Waals surface area contributed by atoms with Crippen LogP contribution >= 0.6 is 0 Å². The Kier molecular flexibility index (Phi) is 6.12. The standard InChI is InChI=1S/C13H25N3/c1-4-7-8-9-11-16-13(10-5-2)12(6-3)14-15-16/h4-11H2,1-3H3. The fourth-order valence-corrected chi connectivity index (χ4v) is 2.02. The van der Waals surface area contributed by atoms with Crippen LogP contribution in [0.4, 0.5) is 0 Å². The van der Waals surface area contributed by atoms with Gasteiger partial charge in [-0.3, -0.25) is 0 Å². The van der Waals surface area contributed by atoms with Gasteiger partial charge in [0.1, 0.15) is 0 Å². The van der Waals surface area contributed by atoms with Gasteiger partial charge in [0.05, 0.1) is 11.4 Å². The van der Waals surface area contributed by atoms with E-state index >= 15 is 0 Å². The largest absolute Gasteiger partial charge is 0.249 e. The highest BCUT2D eigenvalue weighted by molar-refractivity contribution is 5.10. The minimum absolute atomic E-state index is 1.00. The maximum absolute atomic E-state index is 4.27. The lowest BCUT2D eigenvalue weighted by Crippen LogP contribution is -2.06. The average Bonchev–Trinajstić information content (AvgIpc) is 2.68. The first-order valence-electron chi connectivity index (χ1n) is 6.74. The first-order valence-corrected chi connectivity index (χ1v) is 6.74. The summed E-state index contributed by atoms with van der Waals surface area (Å²) in [5.74, 6) is 0. The molecule has 3 nitrogen and oxygen atoms in total. The fraction of sp³-hybridized carbons (Fsp3) is 0.846. The molecule has 1 aromatic heterocycles. The lowest BCUT2D eigenvalue weighted by Gasteiger charge is -2.06. The average molecular weight is 223 g/mol. The Hall–Kier alpha value is -0.860. The smallest absolute Gasteiger partial charge is 0.0856 e. The quantitative estimate of drug-likeness (QED) is 0.633. The molecule has 1 rings (SSSR count). The molecule has 0 unspecified atom stereocenters. The lowest BCUT2D eigenvalue weighted by molar-refractivity contribution is 0.510. The summed E-state index contributed by atoms with van der Waals surface area (Å²) < 4.78 is 2.12. The van der Waals surface area contributed by atoms with Crippen LogP contribution in [0.2, 0.25) is 0 Å². The van der Waals surface area contributed by atoms with Crippen LogP contribution in [0.25, 0.3) is 0 Å². The van der Waals surface area contributed by atoms with E-state index in [0.717, 1.165) is 19.4 Å². The van der Waals surface area contributed by atoms with E-state index in [0.29, 0.717) is 0 Å². The van der Waals surface area contributed by atoms with Crippen molar-refractivity contribution in [3.05, 3.63) is 11.4 Å². The van der Waals surface area contributed by atoms with Crippen molar-refractivity contribution in [1.82, 2.24) is 15.0 Å². The van der Waals surface area contributed by atoms with Crippen LogP contribution in [0, 0.1) is 0 Å². The molecule has 0 aromatic carbocycles. The van der Waals surface area contributed by atoms with Gasteiger partial charge in [-0.2, -0.15) is 0 Å². The fourth-order valence-electron chi connectivity index (χ4n) is 2.02. The third-order valence-corrected chi connectivity index (χ3v) is 2.96. The highest BCUT2D eigenvalue weighted by atomic mass is 15.4. The zero-order valence-electron chi connectivity index (χ0n) is 11.0. The molecule has 0 saturated heterocycles. The first kappa shape index (κ1) is 13.2. The zero-order chi connectivity index (χ0) is 11.8. The van der Waals surface area contributed by atoms with Gasteiger partial charge >= 0.3 is 0 Å². The number of aryl methyl sites for hydroxylation is 2. The SMILES string of the molecule is CCCCCCn1nnc(CC)c1CCC. The molecule has 0 radical (unpaired) electrons. The van der Waals surface area contributed by atoms with Crippen molar-refractivity contribution in [2.75, 3.05) is 0 Å². The van der Waals surface area contributed by atoms with Crippen molar-refractivity contribution in [2.45, 2.75) is 72.3 Å². The van der Waals surface area contributed by atoms with Crippen LogP contribution in [-0.2, 0) is 19.4 Å². The molecule has 0 fully saturated rings. The Morgan fingerprint density at radius 1 is 1.00 bits per heavy atom. The first-order chi connectivity index (χ1) is 7.83. The summed E-state index contributed by atoms with van der Waals surface area (Å²) in [5, 5.41) is 8.53. The normalized spacial score (nSPS) is 10.9. The monoisotopic (exact) mass is 223 g/mol. The summed E-state index contributed by atoms with van der Waals surface area (Å²) in [6.07, 6.45) is 8.46. The molecule has 3 heteroatoms. The summed E-state index contributed by atoms with van der Waals surface area (Å²) in [6, 6.07) is 0. The number of unbranched alkanes of at least 4 members (excludes halogenated alkanes) is 3. The second kappa shape index (κ2) is 7.42. The molecule has 0 N–H and O–H groups in total. The van der Waals surface area contributed by atoms with Crippen LogP contribution in [-0.4, -0.2) is 15.0 Å². The molecule has 0 bridgehead atoms. The van der Waals surface area contributed by atoms with Gasteiger partial charge in [0.2, 0.25) is 0 Å². The van der Waals surface area contributed by atoms with Crippen LogP contribution in [0.5, 0.6) is 0 Å². The van der Waals surface area contributed by atoms with E-state index in [1.165, 1.54) is 43.5 Å². The highest BCUT2D eigenvalue weighted by Gasteiger charge is 2.09. The topological polar surface area (TPSA) is 30.7 Å². The van der Waals surface area contributed by atoms with Gasteiger partial charge in [0.25, 0.3) is 0 Å². The molecule has 1 heterocycles. The summed E-state index contributed by atoms with van der Waals surface area (Å²) >= 11 is 0. The highest BCUT2D eigenvalue weighted by Crippen LogP contribution is 2.11. The van der Waals surface area contributed by atoms with Gasteiger partial charge in [-0.1, -0.05) is 51.7 Å².